The van der Waals surface area contributed by atoms with Gasteiger partial charge >= 0.3 is 0 Å². The van der Waals surface area contributed by atoms with Crippen LogP contribution in [0.15, 0.2) is 60.7 Å². The highest BCUT2D eigenvalue weighted by Crippen LogP contribution is 2.24. The molecule has 0 aliphatic heterocycles. The minimum Gasteiger partial charge on any atom is -0.350 e. The summed E-state index contributed by atoms with van der Waals surface area (Å²) in [6.45, 7) is 7.78. The van der Waals surface area contributed by atoms with E-state index in [9.17, 15) is 0 Å². The Kier molecular flexibility index (Phi) is 5.29. The summed E-state index contributed by atoms with van der Waals surface area (Å²) in [5, 5.41) is 3.34. The predicted molar refractivity (Wildman–Crippen MR) is 104 cm³/mol. The molecular formula is C21H24N4. The van der Waals surface area contributed by atoms with Gasteiger partial charge in [-0.25, -0.2) is 4.98 Å². The Morgan fingerprint density at radius 3 is 2.32 bits per heavy atom. The number of para-hydroxylation sites is 1. The molecule has 0 aliphatic carbocycles. The molecule has 0 amide bonds. The second-order valence-corrected chi connectivity index (χ2v) is 6.11. The predicted octanol–water partition coefficient (Wildman–Crippen LogP) is 4.86. The van der Waals surface area contributed by atoms with Gasteiger partial charge in [0.15, 0.2) is 0 Å². The quantitative estimate of drug-likeness (QED) is 0.699. The fourth-order valence-corrected chi connectivity index (χ4v) is 2.74. The van der Waals surface area contributed by atoms with Crippen molar-refractivity contribution in [3.8, 4) is 0 Å². The molecule has 4 heteroatoms. The van der Waals surface area contributed by atoms with Gasteiger partial charge in [0.05, 0.1) is 0 Å². The van der Waals surface area contributed by atoms with Crippen molar-refractivity contribution in [1.82, 2.24) is 9.97 Å². The van der Waals surface area contributed by atoms with Crippen LogP contribution in [0.1, 0.15) is 23.7 Å². The van der Waals surface area contributed by atoms with E-state index in [1.165, 1.54) is 11.1 Å². The summed E-state index contributed by atoms with van der Waals surface area (Å²) in [5.41, 5.74) is 4.56. The average molecular weight is 332 g/mol. The molecule has 0 atom stereocenters. The molecule has 128 valence electrons. The Labute approximate surface area is 149 Å². The second kappa shape index (κ2) is 7.79. The molecule has 0 spiro atoms. The van der Waals surface area contributed by atoms with Gasteiger partial charge in [-0.3, -0.25) is 0 Å². The highest BCUT2D eigenvalue weighted by atomic mass is 15.2. The van der Waals surface area contributed by atoms with Crippen molar-refractivity contribution in [2.24, 2.45) is 0 Å². The van der Waals surface area contributed by atoms with Gasteiger partial charge in [0.2, 0.25) is 5.95 Å². The van der Waals surface area contributed by atoms with Gasteiger partial charge in [0.1, 0.15) is 5.82 Å². The summed E-state index contributed by atoms with van der Waals surface area (Å²) in [5.74, 6) is 1.57. The molecule has 2 aromatic carbocycles. The Bertz CT molecular complexity index is 813. The third-order valence-electron chi connectivity index (χ3n) is 4.07. The molecule has 0 unspecified atom stereocenters. The van der Waals surface area contributed by atoms with Crippen LogP contribution in [-0.2, 0) is 6.54 Å². The van der Waals surface area contributed by atoms with Crippen molar-refractivity contribution in [2.75, 3.05) is 16.8 Å². The van der Waals surface area contributed by atoms with Crippen molar-refractivity contribution in [3.63, 3.8) is 0 Å². The van der Waals surface area contributed by atoms with Crippen LogP contribution in [0.5, 0.6) is 0 Å². The smallest absolute Gasteiger partial charge is 0.225 e. The molecule has 1 heterocycles. The molecule has 0 radical (unpaired) electrons. The number of benzene rings is 2. The molecule has 3 aromatic rings. The highest BCUT2D eigenvalue weighted by molar-refractivity contribution is 5.61. The minimum atomic E-state index is 0.657. The number of anilines is 3. The maximum absolute atomic E-state index is 4.72. The molecule has 0 saturated heterocycles. The van der Waals surface area contributed by atoms with E-state index in [1.54, 1.807) is 0 Å². The van der Waals surface area contributed by atoms with Crippen LogP contribution < -0.4 is 10.2 Å². The van der Waals surface area contributed by atoms with Crippen molar-refractivity contribution < 1.29 is 0 Å². The van der Waals surface area contributed by atoms with E-state index in [1.807, 2.05) is 31.2 Å². The van der Waals surface area contributed by atoms with E-state index >= 15 is 0 Å². The summed E-state index contributed by atoms with van der Waals surface area (Å²) in [4.78, 5) is 11.4. The number of nitrogens with one attached hydrogen (secondary N) is 1. The molecular weight excluding hydrogens is 308 g/mol. The van der Waals surface area contributed by atoms with Gasteiger partial charge in [-0.15, -0.1) is 0 Å². The molecule has 1 aromatic heterocycles. The van der Waals surface area contributed by atoms with Crippen LogP contribution in [0.2, 0.25) is 0 Å². The first-order chi connectivity index (χ1) is 12.2. The second-order valence-electron chi connectivity index (χ2n) is 6.11. The monoisotopic (exact) mass is 332 g/mol. The third kappa shape index (κ3) is 4.35. The van der Waals surface area contributed by atoms with Crippen LogP contribution in [0, 0.1) is 13.8 Å². The number of aromatic nitrogens is 2. The summed E-state index contributed by atoms with van der Waals surface area (Å²) < 4.78 is 0. The Morgan fingerprint density at radius 1 is 0.920 bits per heavy atom. The van der Waals surface area contributed by atoms with Crippen LogP contribution in [0.4, 0.5) is 17.5 Å². The van der Waals surface area contributed by atoms with Crippen molar-refractivity contribution in [2.45, 2.75) is 27.3 Å². The number of aryl methyl sites for hydroxylation is 2. The number of hydrogen-bond acceptors (Lipinski definition) is 4. The zero-order valence-corrected chi connectivity index (χ0v) is 15.0. The van der Waals surface area contributed by atoms with E-state index < -0.39 is 0 Å². The number of nitrogens with zero attached hydrogens (tertiary/aromatic N) is 3. The fourth-order valence-electron chi connectivity index (χ4n) is 2.74. The molecule has 0 bridgehead atoms. The minimum absolute atomic E-state index is 0.657. The molecule has 0 aliphatic rings. The largest absolute Gasteiger partial charge is 0.350 e. The Morgan fingerprint density at radius 2 is 1.64 bits per heavy atom. The summed E-state index contributed by atoms with van der Waals surface area (Å²) in [6.07, 6.45) is 0. The molecule has 4 nitrogen and oxygen atoms in total. The molecule has 25 heavy (non-hydrogen) atoms. The standard InChI is InChI=1S/C21H24N4/c1-4-25(19-8-6-5-7-9-19)20-14-17(3)23-21(24-20)22-15-18-12-10-16(2)11-13-18/h5-14H,4,15H2,1-3H3,(H,22,23,24). The van der Waals surface area contributed by atoms with Gasteiger partial charge in [-0.2, -0.15) is 4.98 Å². The maximum Gasteiger partial charge on any atom is 0.225 e. The fraction of sp³-hybridized carbons (Fsp3) is 0.238. The van der Waals surface area contributed by atoms with E-state index in [0.717, 1.165) is 23.7 Å². The van der Waals surface area contributed by atoms with Crippen LogP contribution in [0.3, 0.4) is 0 Å². The van der Waals surface area contributed by atoms with Crippen LogP contribution in [-0.4, -0.2) is 16.5 Å². The lowest BCUT2D eigenvalue weighted by atomic mass is 10.1. The number of hydrogen-bond donors (Lipinski definition) is 1. The summed E-state index contributed by atoms with van der Waals surface area (Å²) in [7, 11) is 0. The van der Waals surface area contributed by atoms with E-state index in [-0.39, 0.29) is 0 Å². The first-order valence-corrected chi connectivity index (χ1v) is 8.63. The SMILES string of the molecule is CCN(c1ccccc1)c1cc(C)nc(NCc2ccc(C)cc2)n1. The summed E-state index contributed by atoms with van der Waals surface area (Å²) in [6, 6.07) is 20.8. The molecule has 0 saturated carbocycles. The third-order valence-corrected chi connectivity index (χ3v) is 4.07. The average Bonchev–Trinajstić information content (AvgIpc) is 2.62. The highest BCUT2D eigenvalue weighted by Gasteiger charge is 2.11. The Balaban J connectivity index is 1.81. The summed E-state index contributed by atoms with van der Waals surface area (Å²) >= 11 is 0. The van der Waals surface area contributed by atoms with E-state index in [4.69, 9.17) is 4.98 Å². The van der Waals surface area contributed by atoms with E-state index in [0.29, 0.717) is 12.5 Å². The normalized spacial score (nSPS) is 10.5. The molecule has 0 fully saturated rings. The Hall–Kier alpha value is -2.88. The van der Waals surface area contributed by atoms with Gasteiger partial charge in [-0.05, 0) is 38.5 Å². The lowest BCUT2D eigenvalue weighted by Gasteiger charge is -2.23. The van der Waals surface area contributed by atoms with Crippen molar-refractivity contribution in [1.29, 1.82) is 0 Å². The van der Waals surface area contributed by atoms with Crippen LogP contribution in [0.25, 0.3) is 0 Å². The van der Waals surface area contributed by atoms with E-state index in [2.05, 4.69) is 65.4 Å². The van der Waals surface area contributed by atoms with Crippen LogP contribution >= 0.6 is 0 Å². The van der Waals surface area contributed by atoms with Crippen molar-refractivity contribution >= 4 is 17.5 Å². The molecule has 1 N–H and O–H groups in total. The van der Waals surface area contributed by atoms with Gasteiger partial charge in [-0.1, -0.05) is 48.0 Å². The van der Waals surface area contributed by atoms with Crippen molar-refractivity contribution in [3.05, 3.63) is 77.5 Å². The first kappa shape index (κ1) is 17.0. The van der Waals surface area contributed by atoms with Gasteiger partial charge in [0.25, 0.3) is 0 Å². The van der Waals surface area contributed by atoms with Gasteiger partial charge in [0, 0.05) is 30.5 Å². The topological polar surface area (TPSA) is 41.1 Å². The molecule has 3 rings (SSSR count). The maximum atomic E-state index is 4.72. The zero-order valence-electron chi connectivity index (χ0n) is 15.0. The lowest BCUT2D eigenvalue weighted by molar-refractivity contribution is 0.955. The number of rotatable bonds is 6. The lowest BCUT2D eigenvalue weighted by Crippen LogP contribution is -2.18. The first-order valence-electron chi connectivity index (χ1n) is 8.63. The zero-order chi connectivity index (χ0) is 17.6. The van der Waals surface area contributed by atoms with Gasteiger partial charge < -0.3 is 10.2 Å².